The highest BCUT2D eigenvalue weighted by Crippen LogP contribution is 2.24. The van der Waals surface area contributed by atoms with Gasteiger partial charge in [-0.1, -0.05) is 26.8 Å². The van der Waals surface area contributed by atoms with Gasteiger partial charge in [0.15, 0.2) is 0 Å². The Hall–Kier alpha value is -1.59. The lowest BCUT2D eigenvalue weighted by Gasteiger charge is -2.22. The van der Waals surface area contributed by atoms with Gasteiger partial charge in [-0.25, -0.2) is 0 Å². The molecule has 1 heterocycles. The van der Waals surface area contributed by atoms with Crippen LogP contribution in [0, 0.1) is 18.3 Å². The van der Waals surface area contributed by atoms with Crippen molar-refractivity contribution in [2.75, 3.05) is 23.7 Å². The van der Waals surface area contributed by atoms with E-state index in [0.717, 1.165) is 42.9 Å². The highest BCUT2D eigenvalue weighted by atomic mass is 35.5. The van der Waals surface area contributed by atoms with Crippen molar-refractivity contribution < 1.29 is 9.59 Å². The molecule has 2 amide bonds. The second-order valence-corrected chi connectivity index (χ2v) is 7.27. The lowest BCUT2D eigenvalue weighted by molar-refractivity contribution is -0.123. The zero-order chi connectivity index (χ0) is 17.0. The van der Waals surface area contributed by atoms with Gasteiger partial charge in [-0.15, -0.1) is 12.4 Å². The maximum atomic E-state index is 12.3. The molecule has 2 rings (SSSR count). The van der Waals surface area contributed by atoms with Gasteiger partial charge in [0, 0.05) is 23.3 Å². The van der Waals surface area contributed by atoms with Crippen LogP contribution in [-0.4, -0.2) is 24.9 Å². The van der Waals surface area contributed by atoms with Crippen molar-refractivity contribution in [3.05, 3.63) is 23.8 Å². The Morgan fingerprint density at radius 1 is 1.21 bits per heavy atom. The van der Waals surface area contributed by atoms with Gasteiger partial charge in [-0.2, -0.15) is 0 Å². The molecule has 6 heteroatoms. The van der Waals surface area contributed by atoms with E-state index in [2.05, 4.69) is 16.0 Å². The number of hydrogen-bond donors (Lipinski definition) is 3. The van der Waals surface area contributed by atoms with Gasteiger partial charge in [0.05, 0.1) is 5.92 Å². The van der Waals surface area contributed by atoms with Crippen molar-refractivity contribution in [2.45, 2.75) is 40.5 Å². The largest absolute Gasteiger partial charge is 0.326 e. The van der Waals surface area contributed by atoms with Gasteiger partial charge in [-0.05, 0) is 44.0 Å². The average Bonchev–Trinajstić information content (AvgIpc) is 2.50. The molecule has 0 aliphatic carbocycles. The third-order valence-electron chi connectivity index (χ3n) is 4.10. The van der Waals surface area contributed by atoms with Gasteiger partial charge >= 0.3 is 0 Å². The molecule has 24 heavy (non-hydrogen) atoms. The number of amides is 2. The lowest BCUT2D eigenvalue weighted by Crippen LogP contribution is -2.37. The molecule has 134 valence electrons. The van der Waals surface area contributed by atoms with Gasteiger partial charge < -0.3 is 16.0 Å². The lowest BCUT2D eigenvalue weighted by atomic mass is 9.95. The van der Waals surface area contributed by atoms with Crippen LogP contribution in [0.3, 0.4) is 0 Å². The number of piperidine rings is 1. The molecule has 1 aromatic carbocycles. The summed E-state index contributed by atoms with van der Waals surface area (Å²) in [5, 5.41) is 9.15. The molecular formula is C18H28ClN3O2. The quantitative estimate of drug-likeness (QED) is 0.780. The molecule has 0 aromatic heterocycles. The molecule has 0 saturated carbocycles. The van der Waals surface area contributed by atoms with Crippen molar-refractivity contribution in [3.8, 4) is 0 Å². The SMILES string of the molecule is Cc1ccc(NC(=O)C2CCCNC2)cc1NC(=O)C(C)(C)C.Cl. The monoisotopic (exact) mass is 353 g/mol. The van der Waals surface area contributed by atoms with E-state index in [1.807, 2.05) is 45.9 Å². The fourth-order valence-corrected chi connectivity index (χ4v) is 2.46. The Morgan fingerprint density at radius 3 is 2.50 bits per heavy atom. The highest BCUT2D eigenvalue weighted by Gasteiger charge is 2.23. The van der Waals surface area contributed by atoms with Gasteiger partial charge in [-0.3, -0.25) is 9.59 Å². The molecule has 5 nitrogen and oxygen atoms in total. The van der Waals surface area contributed by atoms with Crippen molar-refractivity contribution >= 4 is 35.6 Å². The molecule has 3 N–H and O–H groups in total. The number of hydrogen-bond acceptors (Lipinski definition) is 3. The van der Waals surface area contributed by atoms with Crippen LogP contribution in [0.4, 0.5) is 11.4 Å². The van der Waals surface area contributed by atoms with Crippen molar-refractivity contribution in [2.24, 2.45) is 11.3 Å². The van der Waals surface area contributed by atoms with E-state index >= 15 is 0 Å². The van der Waals surface area contributed by atoms with Crippen molar-refractivity contribution in [1.82, 2.24) is 5.32 Å². The van der Waals surface area contributed by atoms with Gasteiger partial charge in [0.25, 0.3) is 0 Å². The molecule has 0 radical (unpaired) electrons. The minimum absolute atomic E-state index is 0. The van der Waals surface area contributed by atoms with Crippen LogP contribution in [0.5, 0.6) is 0 Å². The summed E-state index contributed by atoms with van der Waals surface area (Å²) < 4.78 is 0. The predicted octanol–water partition coefficient (Wildman–Crippen LogP) is 3.34. The first-order chi connectivity index (χ1) is 10.8. The molecule has 0 spiro atoms. The highest BCUT2D eigenvalue weighted by molar-refractivity contribution is 5.97. The molecule has 1 fully saturated rings. The first-order valence-corrected chi connectivity index (χ1v) is 8.21. The molecule has 1 aromatic rings. The summed E-state index contributed by atoms with van der Waals surface area (Å²) in [4.78, 5) is 24.5. The maximum absolute atomic E-state index is 12.3. The first-order valence-electron chi connectivity index (χ1n) is 8.21. The summed E-state index contributed by atoms with van der Waals surface area (Å²) >= 11 is 0. The Kier molecular flexibility index (Phi) is 7.24. The Balaban J connectivity index is 0.00000288. The summed E-state index contributed by atoms with van der Waals surface area (Å²) in [6.45, 7) is 9.27. The molecule has 1 aliphatic rings. The van der Waals surface area contributed by atoms with E-state index in [1.54, 1.807) is 0 Å². The van der Waals surface area contributed by atoms with Gasteiger partial charge in [0.1, 0.15) is 0 Å². The molecule has 1 atom stereocenters. The molecule has 1 unspecified atom stereocenters. The van der Waals surface area contributed by atoms with Gasteiger partial charge in [0.2, 0.25) is 11.8 Å². The molecule has 1 saturated heterocycles. The Bertz CT molecular complexity index is 590. The number of carbonyl (C=O) groups is 2. The summed E-state index contributed by atoms with van der Waals surface area (Å²) in [5.74, 6) is 0.00683. The van der Waals surface area contributed by atoms with Crippen LogP contribution in [0.2, 0.25) is 0 Å². The number of aryl methyl sites for hydroxylation is 1. The number of halogens is 1. The molecular weight excluding hydrogens is 326 g/mol. The van der Waals surface area contributed by atoms with E-state index in [4.69, 9.17) is 0 Å². The van der Waals surface area contributed by atoms with E-state index in [0.29, 0.717) is 0 Å². The van der Waals surface area contributed by atoms with E-state index in [1.165, 1.54) is 0 Å². The van der Waals surface area contributed by atoms with E-state index in [-0.39, 0.29) is 30.1 Å². The van der Waals surface area contributed by atoms with Crippen LogP contribution in [-0.2, 0) is 9.59 Å². The second-order valence-electron chi connectivity index (χ2n) is 7.27. The number of nitrogens with one attached hydrogen (secondary N) is 3. The van der Waals surface area contributed by atoms with E-state index < -0.39 is 5.41 Å². The smallest absolute Gasteiger partial charge is 0.229 e. The fraction of sp³-hybridized carbons (Fsp3) is 0.556. The second kappa shape index (κ2) is 8.49. The number of anilines is 2. The number of rotatable bonds is 3. The van der Waals surface area contributed by atoms with Crippen LogP contribution < -0.4 is 16.0 Å². The predicted molar refractivity (Wildman–Crippen MR) is 101 cm³/mol. The normalized spacial score (nSPS) is 17.6. The minimum Gasteiger partial charge on any atom is -0.326 e. The topological polar surface area (TPSA) is 70.2 Å². The maximum Gasteiger partial charge on any atom is 0.229 e. The van der Waals surface area contributed by atoms with Crippen LogP contribution in [0.1, 0.15) is 39.2 Å². The van der Waals surface area contributed by atoms with Crippen LogP contribution >= 0.6 is 12.4 Å². The van der Waals surface area contributed by atoms with Crippen LogP contribution in [0.15, 0.2) is 18.2 Å². The number of benzene rings is 1. The van der Waals surface area contributed by atoms with Crippen LogP contribution in [0.25, 0.3) is 0 Å². The van der Waals surface area contributed by atoms with E-state index in [9.17, 15) is 9.59 Å². The Labute approximate surface area is 150 Å². The third-order valence-corrected chi connectivity index (χ3v) is 4.10. The fourth-order valence-electron chi connectivity index (χ4n) is 2.46. The summed E-state index contributed by atoms with van der Waals surface area (Å²) in [6.07, 6.45) is 1.94. The molecule has 1 aliphatic heterocycles. The summed E-state index contributed by atoms with van der Waals surface area (Å²) in [7, 11) is 0. The summed E-state index contributed by atoms with van der Waals surface area (Å²) in [6, 6.07) is 5.61. The Morgan fingerprint density at radius 2 is 1.92 bits per heavy atom. The average molecular weight is 354 g/mol. The van der Waals surface area contributed by atoms with Crippen molar-refractivity contribution in [3.63, 3.8) is 0 Å². The summed E-state index contributed by atoms with van der Waals surface area (Å²) in [5.41, 5.74) is 1.97. The zero-order valence-corrected chi connectivity index (χ0v) is 15.7. The molecule has 0 bridgehead atoms. The number of carbonyl (C=O) groups excluding carboxylic acids is 2. The minimum atomic E-state index is -0.459. The van der Waals surface area contributed by atoms with Crippen molar-refractivity contribution in [1.29, 1.82) is 0 Å². The standard InChI is InChI=1S/C18H27N3O2.ClH/c1-12-7-8-14(10-15(12)21-17(23)18(2,3)4)20-16(22)13-6-5-9-19-11-13;/h7-8,10,13,19H,5-6,9,11H2,1-4H3,(H,20,22)(H,21,23);1H. The first kappa shape index (κ1) is 20.5. The zero-order valence-electron chi connectivity index (χ0n) is 14.9. The third kappa shape index (κ3) is 5.49.